The molecule has 0 aromatic carbocycles. The van der Waals surface area contributed by atoms with E-state index >= 15 is 0 Å². The van der Waals surface area contributed by atoms with Crippen molar-refractivity contribution in [1.82, 2.24) is 4.90 Å². The molecule has 3 unspecified atom stereocenters. The predicted molar refractivity (Wildman–Crippen MR) is 75.8 cm³/mol. The summed E-state index contributed by atoms with van der Waals surface area (Å²) in [6.07, 6.45) is 6.53. The van der Waals surface area contributed by atoms with Gasteiger partial charge in [0, 0.05) is 6.04 Å². The highest BCUT2D eigenvalue weighted by molar-refractivity contribution is 5.81. The number of ether oxygens (including phenoxy) is 1. The summed E-state index contributed by atoms with van der Waals surface area (Å²) in [7, 11) is 0. The minimum Gasteiger partial charge on any atom is -0.465 e. The Morgan fingerprint density at radius 3 is 2.84 bits per heavy atom. The predicted octanol–water partition coefficient (Wildman–Crippen LogP) is 1.92. The SMILES string of the molecule is CCOC(=O)C1(N)CCCC1CCN1CCCC1C. The molecule has 1 saturated heterocycles. The molecule has 0 radical (unpaired) electrons. The van der Waals surface area contributed by atoms with Crippen LogP contribution in [0, 0.1) is 5.92 Å². The summed E-state index contributed by atoms with van der Waals surface area (Å²) >= 11 is 0. The monoisotopic (exact) mass is 268 g/mol. The van der Waals surface area contributed by atoms with Crippen molar-refractivity contribution < 1.29 is 9.53 Å². The van der Waals surface area contributed by atoms with Gasteiger partial charge in [0.05, 0.1) is 6.61 Å². The molecule has 1 aliphatic heterocycles. The Bertz CT molecular complexity index is 321. The van der Waals surface area contributed by atoms with E-state index < -0.39 is 5.54 Å². The number of esters is 1. The fourth-order valence-electron chi connectivity index (χ4n) is 3.69. The van der Waals surface area contributed by atoms with E-state index in [1.54, 1.807) is 0 Å². The highest BCUT2D eigenvalue weighted by atomic mass is 16.5. The number of rotatable bonds is 5. The van der Waals surface area contributed by atoms with Crippen LogP contribution in [0.25, 0.3) is 0 Å². The van der Waals surface area contributed by atoms with E-state index in [0.29, 0.717) is 18.6 Å². The summed E-state index contributed by atoms with van der Waals surface area (Å²) in [6, 6.07) is 0.691. The van der Waals surface area contributed by atoms with Crippen LogP contribution in [0.5, 0.6) is 0 Å². The maximum absolute atomic E-state index is 12.1. The molecular formula is C15H28N2O2. The third-order valence-electron chi connectivity index (χ3n) is 4.98. The molecule has 0 aromatic rings. The number of hydrogen-bond acceptors (Lipinski definition) is 4. The lowest BCUT2D eigenvalue weighted by atomic mass is 9.85. The summed E-state index contributed by atoms with van der Waals surface area (Å²) in [5.74, 6) is 0.103. The molecule has 0 spiro atoms. The van der Waals surface area contributed by atoms with E-state index in [4.69, 9.17) is 10.5 Å². The van der Waals surface area contributed by atoms with Crippen molar-refractivity contribution in [3.8, 4) is 0 Å². The highest BCUT2D eigenvalue weighted by Gasteiger charge is 2.46. The van der Waals surface area contributed by atoms with Crippen molar-refractivity contribution in [2.24, 2.45) is 11.7 Å². The minimum atomic E-state index is -0.723. The lowest BCUT2D eigenvalue weighted by Gasteiger charge is -2.31. The average Bonchev–Trinajstić information content (AvgIpc) is 2.95. The Balaban J connectivity index is 1.89. The molecule has 1 aliphatic carbocycles. The van der Waals surface area contributed by atoms with Crippen LogP contribution in [0.4, 0.5) is 0 Å². The molecule has 4 nitrogen and oxygen atoms in total. The van der Waals surface area contributed by atoms with E-state index in [1.165, 1.54) is 19.4 Å². The molecule has 2 fully saturated rings. The second-order valence-electron chi connectivity index (χ2n) is 6.17. The third-order valence-corrected chi connectivity index (χ3v) is 4.98. The second-order valence-corrected chi connectivity index (χ2v) is 6.17. The van der Waals surface area contributed by atoms with Gasteiger partial charge in [-0.2, -0.15) is 0 Å². The van der Waals surface area contributed by atoms with Gasteiger partial charge in [0.1, 0.15) is 5.54 Å². The van der Waals surface area contributed by atoms with Gasteiger partial charge in [-0.1, -0.05) is 6.42 Å². The fraction of sp³-hybridized carbons (Fsp3) is 0.933. The summed E-state index contributed by atoms with van der Waals surface area (Å²) in [4.78, 5) is 14.6. The van der Waals surface area contributed by atoms with Crippen LogP contribution >= 0.6 is 0 Å². The zero-order valence-corrected chi connectivity index (χ0v) is 12.4. The molecule has 1 saturated carbocycles. The van der Waals surface area contributed by atoms with Gasteiger partial charge in [-0.05, 0) is 65.0 Å². The molecule has 0 bridgehead atoms. The summed E-state index contributed by atoms with van der Waals surface area (Å²) in [5.41, 5.74) is 5.64. The first-order valence-electron chi connectivity index (χ1n) is 7.78. The molecule has 2 aliphatic rings. The Morgan fingerprint density at radius 2 is 2.21 bits per heavy atom. The van der Waals surface area contributed by atoms with Crippen LogP contribution in [-0.4, -0.2) is 42.1 Å². The normalized spacial score (nSPS) is 35.7. The van der Waals surface area contributed by atoms with Crippen molar-refractivity contribution in [3.05, 3.63) is 0 Å². The smallest absolute Gasteiger partial charge is 0.326 e. The van der Waals surface area contributed by atoms with E-state index in [1.807, 2.05) is 6.92 Å². The Hall–Kier alpha value is -0.610. The van der Waals surface area contributed by atoms with Crippen molar-refractivity contribution >= 4 is 5.97 Å². The van der Waals surface area contributed by atoms with E-state index in [0.717, 1.165) is 32.2 Å². The van der Waals surface area contributed by atoms with Crippen LogP contribution in [0.3, 0.4) is 0 Å². The molecule has 4 heteroatoms. The maximum Gasteiger partial charge on any atom is 0.326 e. The first-order valence-corrected chi connectivity index (χ1v) is 7.78. The lowest BCUT2D eigenvalue weighted by Crippen LogP contribution is -2.52. The number of likely N-dealkylation sites (tertiary alicyclic amines) is 1. The van der Waals surface area contributed by atoms with Gasteiger partial charge in [0.15, 0.2) is 0 Å². The van der Waals surface area contributed by atoms with Crippen molar-refractivity contribution in [2.45, 2.75) is 64.0 Å². The highest BCUT2D eigenvalue weighted by Crippen LogP contribution is 2.37. The molecule has 0 aromatic heterocycles. The van der Waals surface area contributed by atoms with Crippen LogP contribution in [-0.2, 0) is 9.53 Å². The van der Waals surface area contributed by atoms with E-state index in [2.05, 4.69) is 11.8 Å². The third kappa shape index (κ3) is 3.11. The summed E-state index contributed by atoms with van der Waals surface area (Å²) in [6.45, 7) is 6.84. The number of hydrogen-bond donors (Lipinski definition) is 1. The lowest BCUT2D eigenvalue weighted by molar-refractivity contribution is -0.151. The van der Waals surface area contributed by atoms with Crippen molar-refractivity contribution in [1.29, 1.82) is 0 Å². The molecule has 110 valence electrons. The fourth-order valence-corrected chi connectivity index (χ4v) is 3.69. The van der Waals surface area contributed by atoms with Crippen LogP contribution in [0.1, 0.15) is 52.4 Å². The van der Waals surface area contributed by atoms with E-state index in [9.17, 15) is 4.79 Å². The first-order chi connectivity index (χ1) is 9.08. The Morgan fingerprint density at radius 1 is 1.42 bits per heavy atom. The van der Waals surface area contributed by atoms with Gasteiger partial charge < -0.3 is 15.4 Å². The second kappa shape index (κ2) is 6.23. The minimum absolute atomic E-state index is 0.188. The topological polar surface area (TPSA) is 55.6 Å². The molecule has 1 heterocycles. The number of carbonyl (C=O) groups is 1. The first kappa shape index (κ1) is 14.8. The number of nitrogens with zero attached hydrogens (tertiary/aromatic N) is 1. The van der Waals surface area contributed by atoms with Gasteiger partial charge >= 0.3 is 5.97 Å². The van der Waals surface area contributed by atoms with Crippen LogP contribution < -0.4 is 5.73 Å². The molecule has 19 heavy (non-hydrogen) atoms. The Labute approximate surface area is 116 Å². The zero-order chi connectivity index (χ0) is 13.9. The zero-order valence-electron chi connectivity index (χ0n) is 12.4. The van der Waals surface area contributed by atoms with Gasteiger partial charge in [0.25, 0.3) is 0 Å². The van der Waals surface area contributed by atoms with Gasteiger partial charge in [-0.3, -0.25) is 4.79 Å². The molecule has 2 N–H and O–H groups in total. The van der Waals surface area contributed by atoms with Gasteiger partial charge in [0.2, 0.25) is 0 Å². The maximum atomic E-state index is 12.1. The average molecular weight is 268 g/mol. The summed E-state index contributed by atoms with van der Waals surface area (Å²) < 4.78 is 5.17. The Kier molecular flexibility index (Phi) is 4.85. The quantitative estimate of drug-likeness (QED) is 0.774. The van der Waals surface area contributed by atoms with Gasteiger partial charge in [-0.15, -0.1) is 0 Å². The van der Waals surface area contributed by atoms with Crippen molar-refractivity contribution in [2.75, 3.05) is 19.7 Å². The van der Waals surface area contributed by atoms with E-state index in [-0.39, 0.29) is 5.97 Å². The molecule has 0 amide bonds. The van der Waals surface area contributed by atoms with Crippen molar-refractivity contribution in [3.63, 3.8) is 0 Å². The standard InChI is InChI=1S/C15H28N2O2/c1-3-19-14(18)15(16)9-4-7-13(15)8-11-17-10-5-6-12(17)2/h12-13H,3-11,16H2,1-2H3. The molecule has 3 atom stereocenters. The number of nitrogens with two attached hydrogens (primary N) is 1. The number of carbonyl (C=O) groups excluding carboxylic acids is 1. The molecular weight excluding hydrogens is 240 g/mol. The van der Waals surface area contributed by atoms with Crippen LogP contribution in [0.2, 0.25) is 0 Å². The van der Waals surface area contributed by atoms with Crippen LogP contribution in [0.15, 0.2) is 0 Å². The summed E-state index contributed by atoms with van der Waals surface area (Å²) in [5, 5.41) is 0. The molecule has 2 rings (SSSR count). The largest absolute Gasteiger partial charge is 0.465 e. The van der Waals surface area contributed by atoms with Gasteiger partial charge in [-0.25, -0.2) is 0 Å².